The minimum absolute atomic E-state index is 0.0639. The summed E-state index contributed by atoms with van der Waals surface area (Å²) in [6.07, 6.45) is 1.77. The number of hydrogen-bond acceptors (Lipinski definition) is 5. The molecule has 1 N–H and O–H groups in total. The summed E-state index contributed by atoms with van der Waals surface area (Å²) in [6, 6.07) is 4.32. The maximum absolute atomic E-state index is 12.3. The van der Waals surface area contributed by atoms with Crippen molar-refractivity contribution in [2.75, 3.05) is 13.1 Å². The maximum atomic E-state index is 12.3. The highest BCUT2D eigenvalue weighted by Gasteiger charge is 2.28. The van der Waals surface area contributed by atoms with E-state index in [9.17, 15) is 13.2 Å². The fourth-order valence-corrected chi connectivity index (χ4v) is 3.08. The first-order valence-electron chi connectivity index (χ1n) is 5.50. The molecule has 0 aliphatic rings. The van der Waals surface area contributed by atoms with E-state index in [1.54, 1.807) is 13.0 Å². The average molecular weight is 283 g/mol. The molecule has 102 valence electrons. The van der Waals surface area contributed by atoms with Crippen LogP contribution in [0.1, 0.15) is 19.0 Å². The van der Waals surface area contributed by atoms with E-state index in [4.69, 9.17) is 10.4 Å². The highest BCUT2D eigenvalue weighted by atomic mass is 32.2. The van der Waals surface area contributed by atoms with Crippen LogP contribution in [0, 0.1) is 11.3 Å². The van der Waals surface area contributed by atoms with Gasteiger partial charge in [0.15, 0.2) is 5.69 Å². The number of aliphatic carboxylic acids is 1. The van der Waals surface area contributed by atoms with Crippen LogP contribution in [0.25, 0.3) is 0 Å². The number of carboxylic acid groups (broad SMARTS) is 1. The first-order chi connectivity index (χ1) is 8.93. The van der Waals surface area contributed by atoms with Crippen LogP contribution >= 0.6 is 0 Å². The molecule has 0 saturated heterocycles. The van der Waals surface area contributed by atoms with Gasteiger partial charge < -0.3 is 5.11 Å². The molecule has 0 amide bonds. The van der Waals surface area contributed by atoms with E-state index in [0.717, 1.165) is 4.31 Å². The van der Waals surface area contributed by atoms with Crippen LogP contribution < -0.4 is 0 Å². The van der Waals surface area contributed by atoms with Gasteiger partial charge in [0, 0.05) is 12.7 Å². The Hall–Kier alpha value is -1.98. The van der Waals surface area contributed by atoms with Crippen molar-refractivity contribution >= 4 is 16.0 Å². The van der Waals surface area contributed by atoms with Crippen LogP contribution in [0.15, 0.2) is 23.2 Å². The third kappa shape index (κ3) is 3.49. The smallest absolute Gasteiger partial charge is 0.318 e. The number of sulfonamides is 1. The van der Waals surface area contributed by atoms with Gasteiger partial charge in [0.05, 0.1) is 0 Å². The Bertz CT molecular complexity index is 607. The molecule has 0 bridgehead atoms. The monoisotopic (exact) mass is 283 g/mol. The molecule has 7 nitrogen and oxygen atoms in total. The quantitative estimate of drug-likeness (QED) is 0.810. The minimum Gasteiger partial charge on any atom is -0.480 e. The van der Waals surface area contributed by atoms with Crippen molar-refractivity contribution in [3.63, 3.8) is 0 Å². The molecule has 0 atom stereocenters. The number of nitrogens with zero attached hydrogens (tertiary/aromatic N) is 3. The van der Waals surface area contributed by atoms with E-state index in [1.165, 1.54) is 18.3 Å². The van der Waals surface area contributed by atoms with E-state index >= 15 is 0 Å². The van der Waals surface area contributed by atoms with E-state index in [-0.39, 0.29) is 17.1 Å². The molecule has 0 spiro atoms. The van der Waals surface area contributed by atoms with Crippen molar-refractivity contribution in [3.8, 4) is 6.07 Å². The number of aromatic nitrogens is 1. The summed E-state index contributed by atoms with van der Waals surface area (Å²) in [7, 11) is -4.03. The molecule has 0 radical (unpaired) electrons. The first-order valence-corrected chi connectivity index (χ1v) is 6.94. The molecule has 0 aromatic carbocycles. The highest BCUT2D eigenvalue weighted by Crippen LogP contribution is 2.18. The minimum atomic E-state index is -4.03. The van der Waals surface area contributed by atoms with E-state index in [2.05, 4.69) is 4.98 Å². The fraction of sp³-hybridized carbons (Fsp3) is 0.364. The zero-order valence-electron chi connectivity index (χ0n) is 10.3. The zero-order chi connectivity index (χ0) is 14.5. The van der Waals surface area contributed by atoms with Crippen molar-refractivity contribution in [2.45, 2.75) is 18.2 Å². The Labute approximate surface area is 111 Å². The zero-order valence-corrected chi connectivity index (χ0v) is 11.1. The van der Waals surface area contributed by atoms with Crippen LogP contribution in [0.4, 0.5) is 0 Å². The number of rotatable bonds is 6. The van der Waals surface area contributed by atoms with Crippen molar-refractivity contribution in [1.29, 1.82) is 5.26 Å². The molecule has 1 heterocycles. The molecule has 19 heavy (non-hydrogen) atoms. The van der Waals surface area contributed by atoms with Gasteiger partial charge in [-0.2, -0.15) is 9.57 Å². The van der Waals surface area contributed by atoms with Gasteiger partial charge in [-0.1, -0.05) is 6.92 Å². The van der Waals surface area contributed by atoms with Gasteiger partial charge in [-0.25, -0.2) is 13.4 Å². The number of hydrogen-bond donors (Lipinski definition) is 1. The summed E-state index contributed by atoms with van der Waals surface area (Å²) in [4.78, 5) is 14.1. The summed E-state index contributed by atoms with van der Waals surface area (Å²) in [6.45, 7) is 1.16. The number of carboxylic acids is 1. The second kappa shape index (κ2) is 6.26. The summed E-state index contributed by atoms with van der Waals surface area (Å²) in [5, 5.41) is 17.6. The number of carbonyl (C=O) groups is 1. The van der Waals surface area contributed by atoms with E-state index in [1.807, 2.05) is 0 Å². The standard InChI is InChI=1S/C11H13N3O4S/c1-2-6-14(8-11(15)16)19(17,18)10-4-3-5-13-9(10)7-12/h3-5H,2,6,8H2,1H3,(H,15,16). The molecule has 1 aromatic rings. The highest BCUT2D eigenvalue weighted by molar-refractivity contribution is 7.89. The van der Waals surface area contributed by atoms with Gasteiger partial charge in [-0.3, -0.25) is 4.79 Å². The summed E-state index contributed by atoms with van der Waals surface area (Å²) in [5.74, 6) is -1.25. The lowest BCUT2D eigenvalue weighted by Gasteiger charge is -2.19. The molecule has 0 fully saturated rings. The Kier molecular flexibility index (Phi) is 4.97. The second-order valence-corrected chi connectivity index (χ2v) is 5.60. The SMILES string of the molecule is CCCN(CC(=O)O)S(=O)(=O)c1cccnc1C#N. The van der Waals surface area contributed by atoms with Crippen LogP contribution in [-0.2, 0) is 14.8 Å². The topological polar surface area (TPSA) is 111 Å². The van der Waals surface area contributed by atoms with Gasteiger partial charge in [0.2, 0.25) is 10.0 Å². The molecule has 1 aromatic heterocycles. The van der Waals surface area contributed by atoms with Crippen molar-refractivity contribution < 1.29 is 18.3 Å². The molecule has 0 saturated carbocycles. The van der Waals surface area contributed by atoms with E-state index in [0.29, 0.717) is 6.42 Å². The molecule has 8 heteroatoms. The predicted molar refractivity (Wildman–Crippen MR) is 65.6 cm³/mol. The lowest BCUT2D eigenvalue weighted by atomic mass is 10.4. The van der Waals surface area contributed by atoms with Crippen LogP contribution in [0.2, 0.25) is 0 Å². The summed E-state index contributed by atoms with van der Waals surface area (Å²) in [5.41, 5.74) is -0.242. The van der Waals surface area contributed by atoms with Crippen molar-refractivity contribution in [2.24, 2.45) is 0 Å². The van der Waals surface area contributed by atoms with Crippen LogP contribution in [0.3, 0.4) is 0 Å². The van der Waals surface area contributed by atoms with Gasteiger partial charge in [-0.15, -0.1) is 0 Å². The van der Waals surface area contributed by atoms with Gasteiger partial charge >= 0.3 is 5.97 Å². The molecular formula is C11H13N3O4S. The average Bonchev–Trinajstić information content (AvgIpc) is 2.37. The van der Waals surface area contributed by atoms with Crippen molar-refractivity contribution in [3.05, 3.63) is 24.0 Å². The molecule has 1 rings (SSSR count). The summed E-state index contributed by atoms with van der Waals surface area (Å²) >= 11 is 0. The Morgan fingerprint density at radius 1 is 1.58 bits per heavy atom. The normalized spacial score (nSPS) is 11.2. The fourth-order valence-electron chi connectivity index (χ4n) is 1.51. The van der Waals surface area contributed by atoms with Gasteiger partial charge in [0.1, 0.15) is 17.5 Å². The molecular weight excluding hydrogens is 270 g/mol. The number of pyridine rings is 1. The molecule has 0 unspecified atom stereocenters. The molecule has 0 aliphatic carbocycles. The van der Waals surface area contributed by atoms with Crippen molar-refractivity contribution in [1.82, 2.24) is 9.29 Å². The lowest BCUT2D eigenvalue weighted by molar-refractivity contribution is -0.137. The number of nitriles is 1. The summed E-state index contributed by atoms with van der Waals surface area (Å²) < 4.78 is 25.4. The largest absolute Gasteiger partial charge is 0.480 e. The second-order valence-electron chi connectivity index (χ2n) is 3.69. The Balaban J connectivity index is 3.27. The molecule has 0 aliphatic heterocycles. The maximum Gasteiger partial charge on any atom is 0.318 e. The first kappa shape index (κ1) is 15.1. The predicted octanol–water partition coefficient (Wildman–Crippen LogP) is 0.439. The third-order valence-corrected chi connectivity index (χ3v) is 4.16. The third-order valence-electron chi connectivity index (χ3n) is 2.28. The van der Waals surface area contributed by atoms with E-state index < -0.39 is 22.5 Å². The van der Waals surface area contributed by atoms with Gasteiger partial charge in [-0.05, 0) is 18.6 Å². The Morgan fingerprint density at radius 2 is 2.26 bits per heavy atom. The lowest BCUT2D eigenvalue weighted by Crippen LogP contribution is -2.36. The van der Waals surface area contributed by atoms with Crippen LogP contribution in [-0.4, -0.2) is 41.9 Å². The van der Waals surface area contributed by atoms with Gasteiger partial charge in [0.25, 0.3) is 0 Å². The Morgan fingerprint density at radius 3 is 2.79 bits per heavy atom. The van der Waals surface area contributed by atoms with Crippen LogP contribution in [0.5, 0.6) is 0 Å².